The van der Waals surface area contributed by atoms with Crippen LogP contribution in [0.3, 0.4) is 0 Å². The predicted octanol–water partition coefficient (Wildman–Crippen LogP) is 3.83. The molecule has 0 amide bonds. The monoisotopic (exact) mass is 363 g/mol. The van der Waals surface area contributed by atoms with Gasteiger partial charge in [0, 0.05) is 10.9 Å². The van der Waals surface area contributed by atoms with Crippen LogP contribution in [0.4, 0.5) is 0 Å². The van der Waals surface area contributed by atoms with Crippen molar-refractivity contribution in [3.05, 3.63) is 25.8 Å². The molecule has 0 radical (unpaired) electrons. The number of aromatic carboxylic acids is 1. The molecule has 2 heterocycles. The van der Waals surface area contributed by atoms with Crippen LogP contribution in [0, 0.1) is 2.88 Å². The van der Waals surface area contributed by atoms with E-state index in [1.54, 1.807) is 11.3 Å². The molecule has 6 heteroatoms. The first-order chi connectivity index (χ1) is 7.99. The van der Waals surface area contributed by atoms with Crippen LogP contribution in [0.1, 0.15) is 36.0 Å². The van der Waals surface area contributed by atoms with Crippen molar-refractivity contribution in [2.45, 2.75) is 19.8 Å². The molecule has 0 atom stereocenters. The normalized spacial score (nSPS) is 11.1. The molecule has 0 bridgehead atoms. The highest BCUT2D eigenvalue weighted by atomic mass is 127. The number of rotatable bonds is 3. The van der Waals surface area contributed by atoms with E-state index in [4.69, 9.17) is 9.52 Å². The minimum Gasteiger partial charge on any atom is -0.475 e. The Balaban J connectivity index is 2.50. The number of nitrogens with zero attached hydrogens (tertiary/aromatic N) is 1. The van der Waals surface area contributed by atoms with Gasteiger partial charge >= 0.3 is 5.97 Å². The van der Waals surface area contributed by atoms with Gasteiger partial charge in [0.25, 0.3) is 0 Å². The molecule has 0 spiro atoms. The summed E-state index contributed by atoms with van der Waals surface area (Å²) in [6, 6.07) is 1.92. The van der Waals surface area contributed by atoms with E-state index in [1.165, 1.54) is 0 Å². The molecule has 4 nitrogen and oxygen atoms in total. The Labute approximate surface area is 116 Å². The molecule has 0 saturated heterocycles. The second-order valence-electron chi connectivity index (χ2n) is 3.83. The van der Waals surface area contributed by atoms with Crippen molar-refractivity contribution in [3.8, 4) is 11.5 Å². The van der Waals surface area contributed by atoms with Crippen molar-refractivity contribution in [1.82, 2.24) is 4.98 Å². The summed E-state index contributed by atoms with van der Waals surface area (Å²) in [5.74, 6) is -0.727. The van der Waals surface area contributed by atoms with Crippen molar-refractivity contribution in [2.24, 2.45) is 0 Å². The van der Waals surface area contributed by atoms with Crippen LogP contribution < -0.4 is 0 Å². The van der Waals surface area contributed by atoms with Crippen LogP contribution in [0.15, 0.2) is 15.9 Å². The largest absolute Gasteiger partial charge is 0.475 e. The third-order valence-electron chi connectivity index (χ3n) is 2.21. The molecule has 2 aromatic rings. The van der Waals surface area contributed by atoms with E-state index in [0.29, 0.717) is 11.6 Å². The molecule has 0 saturated carbocycles. The summed E-state index contributed by atoms with van der Waals surface area (Å²) in [4.78, 5) is 15.3. The molecule has 2 aromatic heterocycles. The van der Waals surface area contributed by atoms with Crippen LogP contribution in [-0.2, 0) is 0 Å². The van der Waals surface area contributed by atoms with Gasteiger partial charge in [-0.05, 0) is 34.6 Å². The van der Waals surface area contributed by atoms with Crippen molar-refractivity contribution in [1.29, 1.82) is 0 Å². The third-order valence-corrected chi connectivity index (χ3v) is 4.00. The van der Waals surface area contributed by atoms with Gasteiger partial charge in [0.15, 0.2) is 0 Å². The zero-order valence-corrected chi connectivity index (χ0v) is 12.2. The molecule has 17 heavy (non-hydrogen) atoms. The van der Waals surface area contributed by atoms with Crippen LogP contribution in [0.25, 0.3) is 11.5 Å². The minimum atomic E-state index is -1.07. The highest BCUT2D eigenvalue weighted by Crippen LogP contribution is 2.30. The summed E-state index contributed by atoms with van der Waals surface area (Å²) in [5.41, 5.74) is 1.32. The van der Waals surface area contributed by atoms with Crippen molar-refractivity contribution < 1.29 is 14.3 Å². The lowest BCUT2D eigenvalue weighted by Gasteiger charge is -1.98. The fraction of sp³-hybridized carbons (Fsp3) is 0.273. The second kappa shape index (κ2) is 4.77. The Bertz CT molecular complexity index is 559. The quantitative estimate of drug-likeness (QED) is 0.842. The van der Waals surface area contributed by atoms with Gasteiger partial charge in [-0.25, -0.2) is 9.78 Å². The fourth-order valence-corrected chi connectivity index (χ4v) is 2.74. The van der Waals surface area contributed by atoms with Gasteiger partial charge < -0.3 is 9.52 Å². The Hall–Kier alpha value is -0.890. The number of hydrogen-bond acceptors (Lipinski definition) is 4. The summed E-state index contributed by atoms with van der Waals surface area (Å²) in [6.07, 6.45) is 0. The zero-order valence-electron chi connectivity index (χ0n) is 9.23. The Morgan fingerprint density at radius 3 is 2.71 bits per heavy atom. The van der Waals surface area contributed by atoms with Crippen LogP contribution in [0.2, 0.25) is 0 Å². The number of hydrogen-bond donors (Lipinski definition) is 1. The van der Waals surface area contributed by atoms with E-state index in [9.17, 15) is 4.79 Å². The molecule has 2 rings (SSSR count). The molecule has 0 aliphatic carbocycles. The summed E-state index contributed by atoms with van der Waals surface area (Å²) < 4.78 is 6.44. The van der Waals surface area contributed by atoms with Crippen LogP contribution in [0.5, 0.6) is 0 Å². The maximum Gasteiger partial charge on any atom is 0.373 e. The van der Waals surface area contributed by atoms with Gasteiger partial charge in [0.1, 0.15) is 0 Å². The molecule has 0 unspecified atom stereocenters. The Morgan fingerprint density at radius 1 is 1.59 bits per heavy atom. The zero-order chi connectivity index (χ0) is 12.6. The average Bonchev–Trinajstić information content (AvgIpc) is 2.82. The van der Waals surface area contributed by atoms with Gasteiger partial charge in [-0.2, -0.15) is 0 Å². The smallest absolute Gasteiger partial charge is 0.373 e. The van der Waals surface area contributed by atoms with E-state index >= 15 is 0 Å². The number of carbonyl (C=O) groups is 1. The Morgan fingerprint density at radius 2 is 2.29 bits per heavy atom. The molecular weight excluding hydrogens is 353 g/mol. The van der Waals surface area contributed by atoms with E-state index < -0.39 is 5.97 Å². The van der Waals surface area contributed by atoms with Crippen LogP contribution in [-0.4, -0.2) is 16.1 Å². The van der Waals surface area contributed by atoms with Gasteiger partial charge in [0.2, 0.25) is 11.7 Å². The number of oxazole rings is 1. The summed E-state index contributed by atoms with van der Waals surface area (Å²) in [5, 5.41) is 11.0. The van der Waals surface area contributed by atoms with Crippen molar-refractivity contribution in [3.63, 3.8) is 0 Å². The number of carboxylic acids is 1. The third kappa shape index (κ3) is 2.52. The molecule has 90 valence electrons. The summed E-state index contributed by atoms with van der Waals surface area (Å²) >= 11 is 3.77. The summed E-state index contributed by atoms with van der Waals surface area (Å²) in [7, 11) is 0. The highest BCUT2D eigenvalue weighted by molar-refractivity contribution is 14.1. The minimum absolute atomic E-state index is 0.0244. The SMILES string of the molecule is CC(C)c1nc(-c2csc(I)c2)oc1C(=O)O. The Kier molecular flexibility index (Phi) is 3.53. The van der Waals surface area contributed by atoms with E-state index in [2.05, 4.69) is 27.6 Å². The second-order valence-corrected chi connectivity index (χ2v) is 6.64. The highest BCUT2D eigenvalue weighted by Gasteiger charge is 2.22. The lowest BCUT2D eigenvalue weighted by molar-refractivity contribution is 0.0661. The topological polar surface area (TPSA) is 63.3 Å². The van der Waals surface area contributed by atoms with E-state index in [0.717, 1.165) is 8.45 Å². The summed E-state index contributed by atoms with van der Waals surface area (Å²) in [6.45, 7) is 3.79. The van der Waals surface area contributed by atoms with Crippen LogP contribution >= 0.6 is 33.9 Å². The molecule has 0 aromatic carbocycles. The number of halogens is 1. The fourth-order valence-electron chi connectivity index (χ4n) is 1.42. The molecule has 0 fully saturated rings. The lowest BCUT2D eigenvalue weighted by Crippen LogP contribution is -2.01. The predicted molar refractivity (Wildman–Crippen MR) is 73.6 cm³/mol. The van der Waals surface area contributed by atoms with Crippen molar-refractivity contribution in [2.75, 3.05) is 0 Å². The molecule has 0 aliphatic rings. The van der Waals surface area contributed by atoms with Gasteiger partial charge in [-0.1, -0.05) is 13.8 Å². The maximum atomic E-state index is 11.0. The number of aromatic nitrogens is 1. The van der Waals surface area contributed by atoms with E-state index in [1.807, 2.05) is 25.3 Å². The first-order valence-corrected chi connectivity index (χ1v) is 6.93. The molecule has 0 aliphatic heterocycles. The number of carboxylic acid groups (broad SMARTS) is 1. The average molecular weight is 363 g/mol. The molecular formula is C11H10INO3S. The molecule has 1 N–H and O–H groups in total. The van der Waals surface area contributed by atoms with Gasteiger partial charge in [-0.15, -0.1) is 11.3 Å². The maximum absolute atomic E-state index is 11.0. The standard InChI is InChI=1S/C11H10INO3S/c1-5(2)8-9(11(14)15)16-10(13-8)6-3-7(12)17-4-6/h3-5H,1-2H3,(H,14,15). The number of thiophene rings is 1. The van der Waals surface area contributed by atoms with E-state index in [-0.39, 0.29) is 11.7 Å². The first kappa shape index (κ1) is 12.6. The van der Waals surface area contributed by atoms with Crippen molar-refractivity contribution >= 4 is 39.9 Å². The lowest BCUT2D eigenvalue weighted by atomic mass is 10.1. The first-order valence-electron chi connectivity index (χ1n) is 4.97. The van der Waals surface area contributed by atoms with Gasteiger partial charge in [0.05, 0.1) is 8.58 Å². The van der Waals surface area contributed by atoms with Gasteiger partial charge in [-0.3, -0.25) is 0 Å².